The van der Waals surface area contributed by atoms with Gasteiger partial charge < -0.3 is 9.80 Å². The molecule has 0 atom stereocenters. The normalized spacial score (nSPS) is 11.4. The summed E-state index contributed by atoms with van der Waals surface area (Å²) in [6.07, 6.45) is 8.05. The highest BCUT2D eigenvalue weighted by Gasteiger charge is 2.08. The molecule has 0 amide bonds. The van der Waals surface area contributed by atoms with Crippen LogP contribution < -0.4 is 9.80 Å². The van der Waals surface area contributed by atoms with Gasteiger partial charge in [-0.25, -0.2) is 0 Å². The molecule has 3 rings (SSSR count). The summed E-state index contributed by atoms with van der Waals surface area (Å²) in [7, 11) is 2.06. The molecule has 0 spiro atoms. The number of hydrogen-bond acceptors (Lipinski definition) is 2. The fourth-order valence-electron chi connectivity index (χ4n) is 2.97. The van der Waals surface area contributed by atoms with E-state index in [0.717, 1.165) is 22.8 Å². The Morgan fingerprint density at radius 2 is 1.29 bits per heavy atom. The van der Waals surface area contributed by atoms with E-state index in [2.05, 4.69) is 103 Å². The molecule has 0 aromatic heterocycles. The van der Waals surface area contributed by atoms with E-state index >= 15 is 0 Å². The summed E-state index contributed by atoms with van der Waals surface area (Å²) < 4.78 is 0. The molecular weight excluding hydrogens is 340 g/mol. The van der Waals surface area contributed by atoms with Crippen molar-refractivity contribution >= 4 is 17.1 Å². The van der Waals surface area contributed by atoms with Gasteiger partial charge in [0, 0.05) is 36.0 Å². The van der Waals surface area contributed by atoms with Crippen molar-refractivity contribution in [1.82, 2.24) is 0 Å². The lowest BCUT2D eigenvalue weighted by Crippen LogP contribution is -2.16. The standard InChI is InChI=1S/C26H26N2/c1-4-11-23(27(3)24-12-7-5-8-13-24)20-21-28(25-14-9-6-10-15-25)26-18-16-22(2)17-19-26/h4-21H,1H2,2-3H3/b21-20-,23-11+. The maximum Gasteiger partial charge on any atom is 0.0455 e. The van der Waals surface area contributed by atoms with E-state index in [1.54, 1.807) is 0 Å². The molecule has 28 heavy (non-hydrogen) atoms. The van der Waals surface area contributed by atoms with Gasteiger partial charge in [0.15, 0.2) is 0 Å². The lowest BCUT2D eigenvalue weighted by molar-refractivity contribution is 1.13. The van der Waals surface area contributed by atoms with Crippen molar-refractivity contribution in [2.75, 3.05) is 16.8 Å². The molecule has 2 nitrogen and oxygen atoms in total. The zero-order chi connectivity index (χ0) is 19.8. The summed E-state index contributed by atoms with van der Waals surface area (Å²) in [6, 6.07) is 29.2. The average molecular weight is 367 g/mol. The highest BCUT2D eigenvalue weighted by atomic mass is 15.1. The van der Waals surface area contributed by atoms with Crippen LogP contribution in [-0.2, 0) is 0 Å². The Balaban J connectivity index is 1.96. The van der Waals surface area contributed by atoms with Gasteiger partial charge in [0.2, 0.25) is 0 Å². The van der Waals surface area contributed by atoms with E-state index in [4.69, 9.17) is 0 Å². The Hall–Kier alpha value is -3.52. The Morgan fingerprint density at radius 1 is 0.750 bits per heavy atom. The molecule has 0 saturated carbocycles. The molecule has 0 bridgehead atoms. The zero-order valence-corrected chi connectivity index (χ0v) is 16.5. The molecule has 0 aliphatic heterocycles. The van der Waals surface area contributed by atoms with Gasteiger partial charge in [0.1, 0.15) is 0 Å². The van der Waals surface area contributed by atoms with E-state index in [9.17, 15) is 0 Å². The summed E-state index contributed by atoms with van der Waals surface area (Å²) >= 11 is 0. The fourth-order valence-corrected chi connectivity index (χ4v) is 2.97. The van der Waals surface area contributed by atoms with Crippen molar-refractivity contribution in [3.8, 4) is 0 Å². The number of anilines is 3. The number of aryl methyl sites for hydroxylation is 1. The van der Waals surface area contributed by atoms with Crippen LogP contribution in [0.15, 0.2) is 122 Å². The lowest BCUT2D eigenvalue weighted by atomic mass is 10.2. The Kier molecular flexibility index (Phi) is 6.48. The monoisotopic (exact) mass is 366 g/mol. The number of hydrogen-bond donors (Lipinski definition) is 0. The van der Waals surface area contributed by atoms with Gasteiger partial charge >= 0.3 is 0 Å². The average Bonchev–Trinajstić information content (AvgIpc) is 2.75. The molecule has 0 radical (unpaired) electrons. The SMILES string of the molecule is C=C/C=C(\C=C/N(c1ccccc1)c1ccc(C)cc1)N(C)c1ccccc1. The van der Waals surface area contributed by atoms with Gasteiger partial charge in [0.25, 0.3) is 0 Å². The third-order valence-electron chi connectivity index (χ3n) is 4.56. The van der Waals surface area contributed by atoms with E-state index in [1.807, 2.05) is 36.4 Å². The molecule has 140 valence electrons. The number of benzene rings is 3. The van der Waals surface area contributed by atoms with Crippen LogP contribution in [-0.4, -0.2) is 7.05 Å². The first-order valence-electron chi connectivity index (χ1n) is 9.39. The molecule has 0 heterocycles. The van der Waals surface area contributed by atoms with Gasteiger partial charge in [-0.05, 0) is 55.5 Å². The Labute approximate surface area is 168 Å². The molecular formula is C26H26N2. The number of para-hydroxylation sites is 2. The molecule has 0 fully saturated rings. The first-order valence-corrected chi connectivity index (χ1v) is 9.39. The quantitative estimate of drug-likeness (QED) is 0.422. The second-order valence-corrected chi connectivity index (χ2v) is 6.58. The Bertz CT molecular complexity index is 939. The van der Waals surface area contributed by atoms with Crippen LogP contribution in [0.4, 0.5) is 17.1 Å². The third-order valence-corrected chi connectivity index (χ3v) is 4.56. The minimum Gasteiger partial charge on any atom is -0.345 e. The van der Waals surface area contributed by atoms with Crippen molar-refractivity contribution in [3.05, 3.63) is 127 Å². The fraction of sp³-hybridized carbons (Fsp3) is 0.0769. The highest BCUT2D eigenvalue weighted by Crippen LogP contribution is 2.27. The van der Waals surface area contributed by atoms with Crippen LogP contribution in [0.2, 0.25) is 0 Å². The molecule has 0 saturated heterocycles. The maximum atomic E-state index is 3.88. The van der Waals surface area contributed by atoms with Gasteiger partial charge in [-0.1, -0.05) is 66.7 Å². The lowest BCUT2D eigenvalue weighted by Gasteiger charge is -2.24. The van der Waals surface area contributed by atoms with Crippen LogP contribution in [0.5, 0.6) is 0 Å². The minimum atomic E-state index is 1.05. The molecule has 3 aromatic carbocycles. The maximum absolute atomic E-state index is 3.88. The number of allylic oxidation sites excluding steroid dienone is 3. The molecule has 0 N–H and O–H groups in total. The molecule has 0 aliphatic rings. The number of likely N-dealkylation sites (N-methyl/N-ethyl adjacent to an activating group) is 1. The third kappa shape index (κ3) is 4.80. The van der Waals surface area contributed by atoms with Crippen LogP contribution in [0.1, 0.15) is 5.56 Å². The van der Waals surface area contributed by atoms with Gasteiger partial charge in [-0.2, -0.15) is 0 Å². The number of nitrogens with zero attached hydrogens (tertiary/aromatic N) is 2. The predicted molar refractivity (Wildman–Crippen MR) is 122 cm³/mol. The van der Waals surface area contributed by atoms with E-state index in [-0.39, 0.29) is 0 Å². The molecule has 2 heteroatoms. The van der Waals surface area contributed by atoms with E-state index < -0.39 is 0 Å². The second-order valence-electron chi connectivity index (χ2n) is 6.58. The van der Waals surface area contributed by atoms with Gasteiger partial charge in [-0.15, -0.1) is 0 Å². The molecule has 0 unspecified atom stereocenters. The first-order chi connectivity index (χ1) is 13.7. The van der Waals surface area contributed by atoms with Crippen molar-refractivity contribution in [3.63, 3.8) is 0 Å². The van der Waals surface area contributed by atoms with Gasteiger partial charge in [0.05, 0.1) is 0 Å². The smallest absolute Gasteiger partial charge is 0.0455 e. The summed E-state index contributed by atoms with van der Waals surface area (Å²) in [5.41, 5.74) is 5.66. The van der Waals surface area contributed by atoms with Crippen LogP contribution in [0.25, 0.3) is 0 Å². The summed E-state index contributed by atoms with van der Waals surface area (Å²) in [5.74, 6) is 0. The Morgan fingerprint density at radius 3 is 1.86 bits per heavy atom. The number of rotatable bonds is 7. The van der Waals surface area contributed by atoms with Crippen LogP contribution in [0.3, 0.4) is 0 Å². The van der Waals surface area contributed by atoms with Crippen molar-refractivity contribution < 1.29 is 0 Å². The highest BCUT2D eigenvalue weighted by molar-refractivity contribution is 5.67. The predicted octanol–water partition coefficient (Wildman–Crippen LogP) is 6.85. The van der Waals surface area contributed by atoms with Crippen molar-refractivity contribution in [2.45, 2.75) is 6.92 Å². The van der Waals surface area contributed by atoms with Crippen LogP contribution >= 0.6 is 0 Å². The van der Waals surface area contributed by atoms with Crippen molar-refractivity contribution in [2.24, 2.45) is 0 Å². The topological polar surface area (TPSA) is 6.48 Å². The largest absolute Gasteiger partial charge is 0.345 e. The molecule has 0 aliphatic carbocycles. The summed E-state index contributed by atoms with van der Waals surface area (Å²) in [5, 5.41) is 0. The second kappa shape index (κ2) is 9.43. The summed E-state index contributed by atoms with van der Waals surface area (Å²) in [6.45, 7) is 5.98. The van der Waals surface area contributed by atoms with Crippen LogP contribution in [0, 0.1) is 6.92 Å². The first kappa shape index (κ1) is 19.2. The van der Waals surface area contributed by atoms with E-state index in [0.29, 0.717) is 0 Å². The van der Waals surface area contributed by atoms with Gasteiger partial charge in [-0.3, -0.25) is 0 Å². The summed E-state index contributed by atoms with van der Waals surface area (Å²) in [4.78, 5) is 4.34. The zero-order valence-electron chi connectivity index (χ0n) is 16.5. The van der Waals surface area contributed by atoms with Crippen molar-refractivity contribution in [1.29, 1.82) is 0 Å². The minimum absolute atomic E-state index is 1.05. The van der Waals surface area contributed by atoms with E-state index in [1.165, 1.54) is 5.56 Å². The molecule has 3 aromatic rings.